The molecule has 0 spiro atoms. The quantitative estimate of drug-likeness (QED) is 0.660. The molecule has 0 radical (unpaired) electrons. The molecule has 2 unspecified atom stereocenters. The van der Waals surface area contributed by atoms with E-state index in [4.69, 9.17) is 0 Å². The fraction of sp³-hybridized carbons (Fsp3) is 0.583. The van der Waals surface area contributed by atoms with Gasteiger partial charge in [0, 0.05) is 5.92 Å². The van der Waals surface area contributed by atoms with Crippen LogP contribution >= 0.6 is 0 Å². The smallest absolute Gasteiger partial charge is 0.0789 e. The average molecular weight is 179 g/mol. The van der Waals surface area contributed by atoms with Crippen LogP contribution in [0, 0.1) is 12.3 Å². The number of allylic oxidation sites excluding steroid dienone is 2. The normalized spacial score (nSPS) is 28.3. The lowest BCUT2D eigenvalue weighted by atomic mass is 9.87. The molecular weight excluding hydrogens is 160 g/mol. The molecule has 74 valence electrons. The highest BCUT2D eigenvalue weighted by atomic mass is 16.3. The Hall–Kier alpha value is -0.560. The summed E-state index contributed by atoms with van der Waals surface area (Å²) < 4.78 is 0. The Morgan fingerprint density at radius 1 is 1.54 bits per heavy atom. The van der Waals surface area contributed by atoms with Crippen LogP contribution in [0.1, 0.15) is 33.6 Å². The average Bonchev–Trinajstić information content (AvgIpc) is 2.10. The Kier molecular flexibility index (Phi) is 3.73. The molecular formula is C12H19O-. The number of unbranched alkanes of at least 4 members (excludes halogenated alkanes) is 1. The van der Waals surface area contributed by atoms with Crippen LogP contribution in [0.2, 0.25) is 0 Å². The van der Waals surface area contributed by atoms with Crippen LogP contribution < -0.4 is 0 Å². The van der Waals surface area contributed by atoms with Crippen molar-refractivity contribution < 1.29 is 5.11 Å². The first-order valence-corrected chi connectivity index (χ1v) is 5.00. The van der Waals surface area contributed by atoms with Crippen LogP contribution in [0.5, 0.6) is 0 Å². The second kappa shape index (κ2) is 4.61. The van der Waals surface area contributed by atoms with Gasteiger partial charge < -0.3 is 11.5 Å². The standard InChI is InChI=1S/C12H19O/c1-4-5-6-11-7-9(2)10(3)12(13)8-11/h4,7-8,10,12-13H,5-6H2,1-3H3/q-1. The summed E-state index contributed by atoms with van der Waals surface area (Å²) in [6.07, 6.45) is 8.22. The van der Waals surface area contributed by atoms with Gasteiger partial charge in [-0.3, -0.25) is 0 Å². The zero-order valence-corrected chi connectivity index (χ0v) is 8.75. The molecule has 2 atom stereocenters. The zero-order valence-electron chi connectivity index (χ0n) is 8.75. The molecule has 0 aromatic carbocycles. The van der Waals surface area contributed by atoms with Gasteiger partial charge in [0.25, 0.3) is 0 Å². The van der Waals surface area contributed by atoms with E-state index in [1.54, 1.807) is 0 Å². The molecule has 1 aliphatic carbocycles. The summed E-state index contributed by atoms with van der Waals surface area (Å²) in [6, 6.07) is 0. The van der Waals surface area contributed by atoms with Crippen molar-refractivity contribution in [3.8, 4) is 0 Å². The summed E-state index contributed by atoms with van der Waals surface area (Å²) >= 11 is 0. The minimum atomic E-state index is -0.281. The molecule has 0 amide bonds. The van der Waals surface area contributed by atoms with Crippen LogP contribution in [0.25, 0.3) is 0 Å². The first-order valence-electron chi connectivity index (χ1n) is 5.00. The largest absolute Gasteiger partial charge is 0.388 e. The maximum Gasteiger partial charge on any atom is 0.0789 e. The lowest BCUT2D eigenvalue weighted by Gasteiger charge is -2.23. The van der Waals surface area contributed by atoms with Crippen molar-refractivity contribution in [2.45, 2.75) is 39.7 Å². The van der Waals surface area contributed by atoms with Crippen molar-refractivity contribution in [3.63, 3.8) is 0 Å². The molecule has 0 aliphatic heterocycles. The molecule has 13 heavy (non-hydrogen) atoms. The Morgan fingerprint density at radius 3 is 2.77 bits per heavy atom. The first-order chi connectivity index (χ1) is 6.15. The summed E-state index contributed by atoms with van der Waals surface area (Å²) in [5, 5.41) is 9.69. The number of rotatable bonds is 3. The summed E-state index contributed by atoms with van der Waals surface area (Å²) in [5.41, 5.74) is 2.57. The number of hydrogen-bond donors (Lipinski definition) is 1. The van der Waals surface area contributed by atoms with Crippen LogP contribution in [-0.4, -0.2) is 11.2 Å². The molecule has 0 saturated heterocycles. The van der Waals surface area contributed by atoms with Gasteiger partial charge in [0.15, 0.2) is 0 Å². The molecule has 0 aromatic rings. The van der Waals surface area contributed by atoms with Crippen molar-refractivity contribution in [3.05, 3.63) is 29.7 Å². The topological polar surface area (TPSA) is 20.2 Å². The van der Waals surface area contributed by atoms with Gasteiger partial charge >= 0.3 is 0 Å². The molecule has 1 rings (SSSR count). The van der Waals surface area contributed by atoms with Crippen LogP contribution in [-0.2, 0) is 0 Å². The molecule has 0 fully saturated rings. The minimum Gasteiger partial charge on any atom is -0.388 e. The van der Waals surface area contributed by atoms with Crippen molar-refractivity contribution in [1.82, 2.24) is 0 Å². The Morgan fingerprint density at radius 2 is 2.23 bits per heavy atom. The van der Waals surface area contributed by atoms with Gasteiger partial charge in [-0.25, -0.2) is 0 Å². The first kappa shape index (κ1) is 10.5. The van der Waals surface area contributed by atoms with Gasteiger partial charge in [-0.15, -0.1) is 0 Å². The molecule has 1 N–H and O–H groups in total. The van der Waals surface area contributed by atoms with Crippen LogP contribution in [0.3, 0.4) is 0 Å². The second-order valence-corrected chi connectivity index (χ2v) is 3.86. The minimum absolute atomic E-state index is 0.281. The van der Waals surface area contributed by atoms with Crippen LogP contribution in [0.4, 0.5) is 0 Å². The number of aliphatic hydroxyl groups is 1. The Bertz CT molecular complexity index is 225. The van der Waals surface area contributed by atoms with Gasteiger partial charge in [-0.2, -0.15) is 13.3 Å². The summed E-state index contributed by atoms with van der Waals surface area (Å²) in [4.78, 5) is 0. The fourth-order valence-electron chi connectivity index (χ4n) is 1.57. The van der Waals surface area contributed by atoms with Crippen LogP contribution in [0.15, 0.2) is 23.3 Å². The third-order valence-electron chi connectivity index (χ3n) is 2.75. The van der Waals surface area contributed by atoms with E-state index >= 15 is 0 Å². The van der Waals surface area contributed by atoms with E-state index in [0.717, 1.165) is 12.8 Å². The van der Waals surface area contributed by atoms with Gasteiger partial charge in [0.05, 0.1) is 6.10 Å². The molecule has 1 aliphatic rings. The van der Waals surface area contributed by atoms with Gasteiger partial charge in [-0.05, 0) is 6.92 Å². The lowest BCUT2D eigenvalue weighted by molar-refractivity contribution is 0.176. The Labute approximate surface area is 81.2 Å². The van der Waals surface area contributed by atoms with E-state index in [-0.39, 0.29) is 12.0 Å². The van der Waals surface area contributed by atoms with E-state index < -0.39 is 0 Å². The van der Waals surface area contributed by atoms with Crippen molar-refractivity contribution >= 4 is 0 Å². The van der Waals surface area contributed by atoms with Gasteiger partial charge in [0.1, 0.15) is 0 Å². The maximum absolute atomic E-state index is 9.69. The molecule has 0 bridgehead atoms. The monoisotopic (exact) mass is 179 g/mol. The third kappa shape index (κ3) is 2.70. The van der Waals surface area contributed by atoms with E-state index in [9.17, 15) is 5.11 Å². The highest BCUT2D eigenvalue weighted by molar-refractivity contribution is 5.31. The number of aliphatic hydroxyl groups excluding tert-OH is 1. The molecule has 0 heterocycles. The van der Waals surface area contributed by atoms with Crippen molar-refractivity contribution in [2.75, 3.05) is 0 Å². The SMILES string of the molecule is C[CH-]CCC1=CC(O)C(C)C(C)=C1. The predicted molar refractivity (Wildman–Crippen MR) is 56.2 cm³/mol. The van der Waals surface area contributed by atoms with Gasteiger partial charge in [-0.1, -0.05) is 36.6 Å². The van der Waals surface area contributed by atoms with Gasteiger partial charge in [0.2, 0.25) is 0 Å². The second-order valence-electron chi connectivity index (χ2n) is 3.86. The number of hydrogen-bond acceptors (Lipinski definition) is 1. The van der Waals surface area contributed by atoms with E-state index in [0.29, 0.717) is 0 Å². The van der Waals surface area contributed by atoms with E-state index in [1.807, 2.05) is 6.08 Å². The lowest BCUT2D eigenvalue weighted by Crippen LogP contribution is -2.19. The third-order valence-corrected chi connectivity index (χ3v) is 2.75. The summed E-state index contributed by atoms with van der Waals surface area (Å²) in [5.74, 6) is 0.286. The molecule has 1 nitrogen and oxygen atoms in total. The highest BCUT2D eigenvalue weighted by Gasteiger charge is 2.17. The fourth-order valence-corrected chi connectivity index (χ4v) is 1.57. The molecule has 0 saturated carbocycles. The highest BCUT2D eigenvalue weighted by Crippen LogP contribution is 2.25. The predicted octanol–water partition coefficient (Wildman–Crippen LogP) is 2.87. The summed E-state index contributed by atoms with van der Waals surface area (Å²) in [6.45, 7) is 6.23. The Balaban J connectivity index is 2.61. The maximum atomic E-state index is 9.69. The zero-order chi connectivity index (χ0) is 9.84. The van der Waals surface area contributed by atoms with E-state index in [2.05, 4.69) is 33.3 Å². The molecule has 0 aromatic heterocycles. The summed E-state index contributed by atoms with van der Waals surface area (Å²) in [7, 11) is 0. The van der Waals surface area contributed by atoms with E-state index in [1.165, 1.54) is 11.1 Å². The van der Waals surface area contributed by atoms with Crippen molar-refractivity contribution in [1.29, 1.82) is 0 Å². The van der Waals surface area contributed by atoms with Crippen molar-refractivity contribution in [2.24, 2.45) is 5.92 Å². The molecule has 1 heteroatoms.